The zero-order valence-corrected chi connectivity index (χ0v) is 15.4. The zero-order chi connectivity index (χ0) is 17.9. The van der Waals surface area contributed by atoms with E-state index in [1.54, 1.807) is 7.11 Å². The molecule has 1 aromatic rings. The largest absolute Gasteiger partial charge is 0.383 e. The van der Waals surface area contributed by atoms with Gasteiger partial charge in [-0.15, -0.1) is 0 Å². The number of rotatable bonds is 10. The van der Waals surface area contributed by atoms with Gasteiger partial charge < -0.3 is 19.7 Å². The van der Waals surface area contributed by atoms with Crippen LogP contribution >= 0.6 is 0 Å². The second kappa shape index (κ2) is 11.2. The fourth-order valence-corrected chi connectivity index (χ4v) is 2.91. The van der Waals surface area contributed by atoms with Crippen molar-refractivity contribution in [2.75, 3.05) is 60.1 Å². The summed E-state index contributed by atoms with van der Waals surface area (Å²) in [5.41, 5.74) is 1.30. The Morgan fingerprint density at radius 1 is 1.36 bits per heavy atom. The molecule has 0 spiro atoms. The summed E-state index contributed by atoms with van der Waals surface area (Å²) in [7, 11) is 3.72. The number of hydrogen-bond donors (Lipinski definition) is 1. The van der Waals surface area contributed by atoms with E-state index in [1.165, 1.54) is 5.56 Å². The van der Waals surface area contributed by atoms with Crippen LogP contribution in [0.15, 0.2) is 30.3 Å². The van der Waals surface area contributed by atoms with Gasteiger partial charge in [0.25, 0.3) is 0 Å². The molecule has 1 N–H and O–H groups in total. The monoisotopic (exact) mass is 349 g/mol. The molecule has 0 aromatic heterocycles. The summed E-state index contributed by atoms with van der Waals surface area (Å²) >= 11 is 0. The molecule has 140 valence electrons. The second-order valence-electron chi connectivity index (χ2n) is 6.56. The first kappa shape index (κ1) is 19.8. The van der Waals surface area contributed by atoms with E-state index in [9.17, 15) is 4.79 Å². The van der Waals surface area contributed by atoms with E-state index in [0.29, 0.717) is 26.2 Å². The van der Waals surface area contributed by atoms with Crippen LogP contribution in [0.25, 0.3) is 0 Å². The highest BCUT2D eigenvalue weighted by atomic mass is 16.5. The minimum absolute atomic E-state index is 0.0244. The Morgan fingerprint density at radius 2 is 2.16 bits per heavy atom. The number of methoxy groups -OCH3 is 1. The van der Waals surface area contributed by atoms with Gasteiger partial charge >= 0.3 is 0 Å². The Balaban J connectivity index is 1.65. The Hall–Kier alpha value is -1.47. The van der Waals surface area contributed by atoms with Crippen molar-refractivity contribution in [2.45, 2.75) is 19.1 Å². The van der Waals surface area contributed by atoms with Gasteiger partial charge in [-0.05, 0) is 12.6 Å². The number of ether oxygens (including phenoxy) is 2. The van der Waals surface area contributed by atoms with E-state index >= 15 is 0 Å². The molecule has 1 saturated heterocycles. The minimum Gasteiger partial charge on any atom is -0.383 e. The third-order valence-corrected chi connectivity index (χ3v) is 4.38. The number of benzene rings is 1. The molecule has 1 heterocycles. The lowest BCUT2D eigenvalue weighted by molar-refractivity contribution is -0.126. The summed E-state index contributed by atoms with van der Waals surface area (Å²) in [6, 6.07) is 10.4. The minimum atomic E-state index is -0.0244. The van der Waals surface area contributed by atoms with Gasteiger partial charge in [0, 0.05) is 46.4 Å². The highest BCUT2D eigenvalue weighted by Crippen LogP contribution is 2.12. The number of nitrogens with zero attached hydrogens (tertiary/aromatic N) is 2. The molecule has 2 rings (SSSR count). The number of likely N-dealkylation sites (N-methyl/N-ethyl adjacent to an activating group) is 1. The molecule has 0 bridgehead atoms. The lowest BCUT2D eigenvalue weighted by Gasteiger charge is -2.32. The molecule has 0 aliphatic carbocycles. The van der Waals surface area contributed by atoms with Crippen molar-refractivity contribution in [1.82, 2.24) is 15.1 Å². The maximum absolute atomic E-state index is 12.1. The summed E-state index contributed by atoms with van der Waals surface area (Å²) in [5, 5.41) is 2.98. The van der Waals surface area contributed by atoms with Crippen molar-refractivity contribution in [2.24, 2.45) is 0 Å². The van der Waals surface area contributed by atoms with Gasteiger partial charge in [-0.3, -0.25) is 9.69 Å². The van der Waals surface area contributed by atoms with Crippen molar-refractivity contribution < 1.29 is 14.3 Å². The van der Waals surface area contributed by atoms with Crippen LogP contribution in [0.5, 0.6) is 0 Å². The van der Waals surface area contributed by atoms with Crippen molar-refractivity contribution >= 4 is 5.91 Å². The molecule has 1 aliphatic rings. The molecule has 1 fully saturated rings. The third kappa shape index (κ3) is 7.96. The first-order valence-corrected chi connectivity index (χ1v) is 8.99. The SMILES string of the molecule is COCCN(C)CCNC(=O)C[C@@H]1CN(Cc2ccccc2)CCO1. The fourth-order valence-electron chi connectivity index (χ4n) is 2.91. The summed E-state index contributed by atoms with van der Waals surface area (Å²) in [5.74, 6) is 0.0618. The molecule has 1 aliphatic heterocycles. The molecule has 6 nitrogen and oxygen atoms in total. The first-order valence-electron chi connectivity index (χ1n) is 8.99. The maximum Gasteiger partial charge on any atom is 0.222 e. The predicted molar refractivity (Wildman–Crippen MR) is 98.5 cm³/mol. The summed E-state index contributed by atoms with van der Waals surface area (Å²) in [6.07, 6.45) is 0.399. The predicted octanol–water partition coefficient (Wildman–Crippen LogP) is 0.972. The number of morpholine rings is 1. The maximum atomic E-state index is 12.1. The average molecular weight is 349 g/mol. The molecule has 1 aromatic carbocycles. The summed E-state index contributed by atoms with van der Waals surface area (Å²) in [4.78, 5) is 16.6. The van der Waals surface area contributed by atoms with Crippen LogP contribution < -0.4 is 5.32 Å². The van der Waals surface area contributed by atoms with Crippen LogP contribution in [0.2, 0.25) is 0 Å². The molecule has 0 radical (unpaired) electrons. The van der Waals surface area contributed by atoms with Crippen LogP contribution in [0.4, 0.5) is 0 Å². The van der Waals surface area contributed by atoms with Crippen molar-refractivity contribution in [3.05, 3.63) is 35.9 Å². The van der Waals surface area contributed by atoms with Crippen molar-refractivity contribution in [1.29, 1.82) is 0 Å². The van der Waals surface area contributed by atoms with Crippen molar-refractivity contribution in [3.8, 4) is 0 Å². The number of carbonyl (C=O) groups is 1. The van der Waals surface area contributed by atoms with Gasteiger partial charge in [0.1, 0.15) is 0 Å². The lowest BCUT2D eigenvalue weighted by Crippen LogP contribution is -2.44. The highest BCUT2D eigenvalue weighted by Gasteiger charge is 2.22. The van der Waals surface area contributed by atoms with Crippen LogP contribution in [-0.4, -0.2) is 81.9 Å². The molecular formula is C19H31N3O3. The third-order valence-electron chi connectivity index (χ3n) is 4.38. The average Bonchev–Trinajstić information content (AvgIpc) is 2.61. The van der Waals surface area contributed by atoms with Crippen LogP contribution in [0.3, 0.4) is 0 Å². The van der Waals surface area contributed by atoms with Crippen LogP contribution in [-0.2, 0) is 20.8 Å². The van der Waals surface area contributed by atoms with E-state index in [1.807, 2.05) is 13.1 Å². The van der Waals surface area contributed by atoms with Crippen LogP contribution in [0.1, 0.15) is 12.0 Å². The zero-order valence-electron chi connectivity index (χ0n) is 15.4. The number of nitrogens with one attached hydrogen (secondary N) is 1. The Labute approximate surface area is 151 Å². The molecule has 1 amide bonds. The number of hydrogen-bond acceptors (Lipinski definition) is 5. The molecule has 6 heteroatoms. The lowest BCUT2D eigenvalue weighted by atomic mass is 10.1. The summed E-state index contributed by atoms with van der Waals surface area (Å²) in [6.45, 7) is 6.36. The Bertz CT molecular complexity index is 498. The van der Waals surface area contributed by atoms with Crippen molar-refractivity contribution in [3.63, 3.8) is 0 Å². The first-order chi connectivity index (χ1) is 12.2. The van der Waals surface area contributed by atoms with E-state index in [0.717, 1.165) is 32.7 Å². The fraction of sp³-hybridized carbons (Fsp3) is 0.632. The van der Waals surface area contributed by atoms with E-state index in [2.05, 4.69) is 39.4 Å². The highest BCUT2D eigenvalue weighted by molar-refractivity contribution is 5.76. The van der Waals surface area contributed by atoms with Gasteiger partial charge in [0.2, 0.25) is 5.91 Å². The van der Waals surface area contributed by atoms with Gasteiger partial charge in [0.05, 0.1) is 25.7 Å². The quantitative estimate of drug-likeness (QED) is 0.682. The van der Waals surface area contributed by atoms with E-state index in [-0.39, 0.29) is 12.0 Å². The number of carbonyl (C=O) groups excluding carboxylic acids is 1. The Kier molecular flexibility index (Phi) is 8.90. The molecule has 0 saturated carbocycles. The van der Waals surface area contributed by atoms with E-state index in [4.69, 9.17) is 9.47 Å². The molecule has 0 unspecified atom stereocenters. The smallest absolute Gasteiger partial charge is 0.222 e. The topological polar surface area (TPSA) is 54.0 Å². The summed E-state index contributed by atoms with van der Waals surface area (Å²) < 4.78 is 10.8. The molecule has 25 heavy (non-hydrogen) atoms. The normalized spacial score (nSPS) is 18.4. The standard InChI is InChI=1S/C19H31N3O3/c1-21(10-12-24-2)9-8-20-19(23)14-18-16-22(11-13-25-18)15-17-6-4-3-5-7-17/h3-7,18H,8-16H2,1-2H3,(H,20,23)/t18-/m1/s1. The Morgan fingerprint density at radius 3 is 2.92 bits per heavy atom. The number of amides is 1. The van der Waals surface area contributed by atoms with E-state index < -0.39 is 0 Å². The van der Waals surface area contributed by atoms with Gasteiger partial charge in [-0.25, -0.2) is 0 Å². The van der Waals surface area contributed by atoms with Gasteiger partial charge in [0.15, 0.2) is 0 Å². The van der Waals surface area contributed by atoms with Gasteiger partial charge in [-0.1, -0.05) is 30.3 Å². The van der Waals surface area contributed by atoms with Gasteiger partial charge in [-0.2, -0.15) is 0 Å². The second-order valence-corrected chi connectivity index (χ2v) is 6.56. The molecular weight excluding hydrogens is 318 g/mol. The van der Waals surface area contributed by atoms with Crippen LogP contribution in [0, 0.1) is 0 Å². The molecule has 1 atom stereocenters.